The first-order valence-corrected chi connectivity index (χ1v) is 9.55. The zero-order valence-corrected chi connectivity index (χ0v) is 15.0. The van der Waals surface area contributed by atoms with Gasteiger partial charge in [-0.25, -0.2) is 0 Å². The van der Waals surface area contributed by atoms with Crippen LogP contribution >= 0.6 is 22.7 Å². The van der Waals surface area contributed by atoms with E-state index in [1.165, 1.54) is 9.75 Å². The highest BCUT2D eigenvalue weighted by Crippen LogP contribution is 2.32. The van der Waals surface area contributed by atoms with Crippen molar-refractivity contribution in [1.29, 1.82) is 0 Å². The summed E-state index contributed by atoms with van der Waals surface area (Å²) in [6.45, 7) is 2.66. The van der Waals surface area contributed by atoms with Crippen molar-refractivity contribution in [1.82, 2.24) is 0 Å². The molecule has 0 spiro atoms. The summed E-state index contributed by atoms with van der Waals surface area (Å²) in [7, 11) is 0. The molecular weight excluding hydrogens is 336 g/mol. The van der Waals surface area contributed by atoms with Crippen LogP contribution in [0.1, 0.15) is 28.6 Å². The number of para-hydroxylation sites is 1. The summed E-state index contributed by atoms with van der Waals surface area (Å²) >= 11 is 3.41. The first kappa shape index (κ1) is 16.7. The lowest BCUT2D eigenvalue weighted by molar-refractivity contribution is 0.104. The monoisotopic (exact) mass is 354 g/mol. The maximum absolute atomic E-state index is 12.5. The number of hydrogen-bond acceptors (Lipinski definition) is 4. The highest BCUT2D eigenvalue weighted by atomic mass is 32.1. The summed E-state index contributed by atoms with van der Waals surface area (Å²) in [6, 6.07) is 15.7. The van der Waals surface area contributed by atoms with Gasteiger partial charge < -0.3 is 4.74 Å². The number of allylic oxidation sites excluding steroid dienone is 1. The molecular formula is C20H18O2S2. The Labute approximate surface area is 150 Å². The smallest absolute Gasteiger partial charge is 0.189 e. The molecule has 0 bridgehead atoms. The van der Waals surface area contributed by atoms with Crippen LogP contribution in [0.2, 0.25) is 0 Å². The van der Waals surface area contributed by atoms with E-state index >= 15 is 0 Å². The average Bonchev–Trinajstić information content (AvgIpc) is 3.29. The number of ketones is 1. The molecule has 0 fully saturated rings. The van der Waals surface area contributed by atoms with Gasteiger partial charge in [-0.1, -0.05) is 25.1 Å². The number of benzene rings is 1. The van der Waals surface area contributed by atoms with E-state index in [9.17, 15) is 4.79 Å². The second kappa shape index (κ2) is 8.08. The van der Waals surface area contributed by atoms with E-state index in [4.69, 9.17) is 4.74 Å². The van der Waals surface area contributed by atoms with Crippen molar-refractivity contribution >= 4 is 34.5 Å². The van der Waals surface area contributed by atoms with Gasteiger partial charge in [-0.3, -0.25) is 4.79 Å². The lowest BCUT2D eigenvalue weighted by Gasteiger charge is -2.08. The Morgan fingerprint density at radius 3 is 2.75 bits per heavy atom. The summed E-state index contributed by atoms with van der Waals surface area (Å²) in [5, 5.41) is 2.07. The van der Waals surface area contributed by atoms with Gasteiger partial charge in [0.05, 0.1) is 12.2 Å². The van der Waals surface area contributed by atoms with Crippen molar-refractivity contribution < 1.29 is 9.53 Å². The van der Waals surface area contributed by atoms with Crippen molar-refractivity contribution in [2.45, 2.75) is 13.3 Å². The standard InChI is InChI=1S/C20H18O2S2/c1-2-13-22-18-7-4-3-6-16(18)17(21)11-9-15-10-12-20(24-15)19-8-5-14-23-19/h3-12,14H,2,13H2,1H3/b11-9+. The highest BCUT2D eigenvalue weighted by Gasteiger charge is 2.09. The fourth-order valence-corrected chi connectivity index (χ4v) is 3.99. The number of carbonyl (C=O) groups excluding carboxylic acids is 1. The zero-order valence-electron chi connectivity index (χ0n) is 13.4. The molecule has 0 saturated carbocycles. The number of thiophene rings is 2. The molecule has 4 heteroatoms. The molecule has 2 heterocycles. The number of rotatable bonds is 7. The Morgan fingerprint density at radius 1 is 1.08 bits per heavy atom. The molecule has 0 N–H and O–H groups in total. The van der Waals surface area contributed by atoms with Crippen LogP contribution in [-0.2, 0) is 0 Å². The summed E-state index contributed by atoms with van der Waals surface area (Å²) in [5.74, 6) is 0.618. The molecule has 2 aromatic heterocycles. The van der Waals surface area contributed by atoms with Gasteiger partial charge in [0.15, 0.2) is 5.78 Å². The van der Waals surface area contributed by atoms with Crippen LogP contribution in [0, 0.1) is 0 Å². The van der Waals surface area contributed by atoms with Gasteiger partial charge in [0.2, 0.25) is 0 Å². The van der Waals surface area contributed by atoms with Crippen LogP contribution in [0.5, 0.6) is 5.75 Å². The largest absolute Gasteiger partial charge is 0.493 e. The second-order valence-electron chi connectivity index (χ2n) is 5.22. The van der Waals surface area contributed by atoms with E-state index in [0.717, 1.165) is 11.3 Å². The Kier molecular flexibility index (Phi) is 5.62. The minimum Gasteiger partial charge on any atom is -0.493 e. The first-order valence-electron chi connectivity index (χ1n) is 7.86. The van der Waals surface area contributed by atoms with Crippen LogP contribution in [0.4, 0.5) is 0 Å². The fraction of sp³-hybridized carbons (Fsp3) is 0.150. The fourth-order valence-electron chi connectivity index (χ4n) is 2.25. The third-order valence-electron chi connectivity index (χ3n) is 3.40. The van der Waals surface area contributed by atoms with E-state index in [1.807, 2.05) is 49.4 Å². The predicted molar refractivity (Wildman–Crippen MR) is 103 cm³/mol. The van der Waals surface area contributed by atoms with E-state index in [2.05, 4.69) is 17.5 Å². The topological polar surface area (TPSA) is 26.3 Å². The average molecular weight is 354 g/mol. The number of carbonyl (C=O) groups is 1. The zero-order chi connectivity index (χ0) is 16.8. The van der Waals surface area contributed by atoms with E-state index in [0.29, 0.717) is 17.9 Å². The van der Waals surface area contributed by atoms with Gasteiger partial charge in [0, 0.05) is 14.6 Å². The van der Waals surface area contributed by atoms with Gasteiger partial charge in [0.25, 0.3) is 0 Å². The molecule has 0 radical (unpaired) electrons. The summed E-state index contributed by atoms with van der Waals surface area (Å²) < 4.78 is 5.66. The molecule has 0 saturated heterocycles. The van der Waals surface area contributed by atoms with Gasteiger partial charge >= 0.3 is 0 Å². The molecule has 0 unspecified atom stereocenters. The quantitative estimate of drug-likeness (QED) is 0.375. The van der Waals surface area contributed by atoms with E-state index in [-0.39, 0.29) is 5.78 Å². The lowest BCUT2D eigenvalue weighted by atomic mass is 10.1. The maximum Gasteiger partial charge on any atom is 0.189 e. The molecule has 3 rings (SSSR count). The van der Waals surface area contributed by atoms with E-state index in [1.54, 1.807) is 28.7 Å². The van der Waals surface area contributed by atoms with E-state index < -0.39 is 0 Å². The van der Waals surface area contributed by atoms with Crippen molar-refractivity contribution in [3.8, 4) is 15.5 Å². The third kappa shape index (κ3) is 4.02. The molecule has 3 aromatic rings. The van der Waals surface area contributed by atoms with Gasteiger partial charge in [-0.05, 0) is 54.3 Å². The summed E-state index contributed by atoms with van der Waals surface area (Å²) in [6.07, 6.45) is 4.41. The summed E-state index contributed by atoms with van der Waals surface area (Å²) in [5.41, 5.74) is 0.609. The van der Waals surface area contributed by atoms with Gasteiger partial charge in [-0.15, -0.1) is 22.7 Å². The van der Waals surface area contributed by atoms with Crippen LogP contribution in [0.15, 0.2) is 60.0 Å². The molecule has 1 aromatic carbocycles. The molecule has 0 aliphatic rings. The van der Waals surface area contributed by atoms with Crippen molar-refractivity contribution in [3.05, 3.63) is 70.4 Å². The first-order chi connectivity index (χ1) is 11.8. The predicted octanol–water partition coefficient (Wildman–Crippen LogP) is 6.16. The molecule has 0 amide bonds. The van der Waals surface area contributed by atoms with Crippen LogP contribution < -0.4 is 4.74 Å². The van der Waals surface area contributed by atoms with Gasteiger partial charge in [-0.2, -0.15) is 0 Å². The molecule has 2 nitrogen and oxygen atoms in total. The Balaban J connectivity index is 1.74. The molecule has 0 aliphatic heterocycles. The Bertz CT molecular complexity index is 829. The minimum absolute atomic E-state index is 0.0345. The Hall–Kier alpha value is -2.17. The Morgan fingerprint density at radius 2 is 1.96 bits per heavy atom. The van der Waals surface area contributed by atoms with Crippen molar-refractivity contribution in [2.24, 2.45) is 0 Å². The van der Waals surface area contributed by atoms with Crippen LogP contribution in [0.25, 0.3) is 15.8 Å². The normalized spacial score (nSPS) is 11.0. The molecule has 0 aliphatic carbocycles. The second-order valence-corrected chi connectivity index (χ2v) is 7.28. The molecule has 0 atom stereocenters. The highest BCUT2D eigenvalue weighted by molar-refractivity contribution is 7.21. The minimum atomic E-state index is -0.0345. The molecule has 122 valence electrons. The van der Waals surface area contributed by atoms with Crippen molar-refractivity contribution in [3.63, 3.8) is 0 Å². The number of hydrogen-bond donors (Lipinski definition) is 0. The third-order valence-corrected chi connectivity index (χ3v) is 5.52. The lowest BCUT2D eigenvalue weighted by Crippen LogP contribution is -2.02. The van der Waals surface area contributed by atoms with Crippen LogP contribution in [0.3, 0.4) is 0 Å². The van der Waals surface area contributed by atoms with Crippen LogP contribution in [-0.4, -0.2) is 12.4 Å². The summed E-state index contributed by atoms with van der Waals surface area (Å²) in [4.78, 5) is 16.0. The SMILES string of the molecule is CCCOc1ccccc1C(=O)/C=C/c1ccc(-c2cccs2)s1. The maximum atomic E-state index is 12.5. The number of ether oxygens (including phenoxy) is 1. The van der Waals surface area contributed by atoms with Crippen molar-refractivity contribution in [2.75, 3.05) is 6.61 Å². The molecule has 24 heavy (non-hydrogen) atoms. The van der Waals surface area contributed by atoms with Gasteiger partial charge in [0.1, 0.15) is 5.75 Å².